The second kappa shape index (κ2) is 7.36. The number of esters is 1. The topological polar surface area (TPSA) is 67.3 Å². The quantitative estimate of drug-likeness (QED) is 0.836. The second-order valence-corrected chi connectivity index (χ2v) is 5.54. The molecule has 0 radical (unpaired) electrons. The molecule has 1 aromatic heterocycles. The van der Waals surface area contributed by atoms with E-state index < -0.39 is 5.97 Å². The Balaban J connectivity index is 1.95. The van der Waals surface area contributed by atoms with Gasteiger partial charge in [-0.2, -0.15) is 0 Å². The smallest absolute Gasteiger partial charge is 0.376 e. The zero-order valence-corrected chi connectivity index (χ0v) is 13.1. The zero-order valence-electron chi connectivity index (χ0n) is 13.1. The van der Waals surface area contributed by atoms with Crippen LogP contribution in [-0.4, -0.2) is 53.6 Å². The summed E-state index contributed by atoms with van der Waals surface area (Å²) in [7, 11) is 1.33. The molecule has 0 spiro atoms. The summed E-state index contributed by atoms with van der Waals surface area (Å²) in [5.41, 5.74) is 0.749. The van der Waals surface area contributed by atoms with Crippen LogP contribution in [-0.2, 0) is 4.74 Å². The molecule has 1 aromatic rings. The maximum absolute atomic E-state index is 11.5. The molecule has 1 aliphatic rings. The summed E-state index contributed by atoms with van der Waals surface area (Å²) in [6.07, 6.45) is 3.90. The molecule has 2 heterocycles. The molecule has 0 bridgehead atoms. The van der Waals surface area contributed by atoms with Crippen LogP contribution in [0, 0.1) is 6.92 Å². The van der Waals surface area contributed by atoms with E-state index in [1.54, 1.807) is 0 Å². The molecule has 1 saturated heterocycles. The zero-order chi connectivity index (χ0) is 15.2. The van der Waals surface area contributed by atoms with Crippen LogP contribution >= 0.6 is 0 Å². The molecule has 0 saturated carbocycles. The lowest BCUT2D eigenvalue weighted by molar-refractivity contribution is 0.0586. The van der Waals surface area contributed by atoms with Crippen molar-refractivity contribution >= 4 is 11.8 Å². The molecular weight excluding hydrogens is 268 g/mol. The number of rotatable bonds is 5. The average Bonchev–Trinajstić information content (AvgIpc) is 2.52. The van der Waals surface area contributed by atoms with Crippen molar-refractivity contribution in [1.29, 1.82) is 0 Å². The third kappa shape index (κ3) is 4.39. The van der Waals surface area contributed by atoms with E-state index in [2.05, 4.69) is 31.8 Å². The van der Waals surface area contributed by atoms with Gasteiger partial charge in [-0.15, -0.1) is 0 Å². The van der Waals surface area contributed by atoms with Crippen molar-refractivity contribution in [2.75, 3.05) is 32.1 Å². The van der Waals surface area contributed by atoms with Gasteiger partial charge < -0.3 is 10.1 Å². The number of anilines is 1. The van der Waals surface area contributed by atoms with E-state index in [9.17, 15) is 4.79 Å². The summed E-state index contributed by atoms with van der Waals surface area (Å²) < 4.78 is 4.67. The van der Waals surface area contributed by atoms with Crippen LogP contribution in [0.2, 0.25) is 0 Å². The molecule has 0 aliphatic carbocycles. The predicted octanol–water partition coefficient (Wildman–Crippen LogP) is 1.86. The maximum Gasteiger partial charge on any atom is 0.376 e. The van der Waals surface area contributed by atoms with Crippen molar-refractivity contribution in [3.8, 4) is 0 Å². The van der Waals surface area contributed by atoms with Crippen molar-refractivity contribution in [2.45, 2.75) is 39.2 Å². The predicted molar refractivity (Wildman–Crippen MR) is 81.5 cm³/mol. The Kier molecular flexibility index (Phi) is 5.50. The normalized spacial score (nSPS) is 17.3. The first-order chi connectivity index (χ1) is 10.1. The first-order valence-electron chi connectivity index (χ1n) is 7.52. The van der Waals surface area contributed by atoms with Gasteiger partial charge in [0.2, 0.25) is 5.82 Å². The van der Waals surface area contributed by atoms with Crippen molar-refractivity contribution in [3.63, 3.8) is 0 Å². The van der Waals surface area contributed by atoms with Crippen molar-refractivity contribution in [2.24, 2.45) is 0 Å². The number of piperidine rings is 1. The van der Waals surface area contributed by atoms with E-state index in [0.29, 0.717) is 11.9 Å². The summed E-state index contributed by atoms with van der Waals surface area (Å²) >= 11 is 0. The van der Waals surface area contributed by atoms with E-state index in [4.69, 9.17) is 0 Å². The molecule has 21 heavy (non-hydrogen) atoms. The minimum Gasteiger partial charge on any atom is -0.463 e. The number of aryl methyl sites for hydroxylation is 1. The number of likely N-dealkylation sites (tertiary alicyclic amines) is 1. The van der Waals surface area contributed by atoms with Gasteiger partial charge in [0.1, 0.15) is 5.82 Å². The van der Waals surface area contributed by atoms with Gasteiger partial charge in [0, 0.05) is 24.3 Å². The number of carbonyl (C=O) groups is 1. The van der Waals surface area contributed by atoms with Crippen LogP contribution in [0.1, 0.15) is 42.5 Å². The number of aromatic nitrogens is 2. The summed E-state index contributed by atoms with van der Waals surface area (Å²) in [6, 6.07) is 2.29. The van der Waals surface area contributed by atoms with E-state index in [0.717, 1.165) is 12.2 Å². The number of hydrogen-bond acceptors (Lipinski definition) is 6. The second-order valence-electron chi connectivity index (χ2n) is 5.54. The highest BCUT2D eigenvalue weighted by atomic mass is 16.5. The van der Waals surface area contributed by atoms with Gasteiger partial charge in [0.25, 0.3) is 0 Å². The lowest BCUT2D eigenvalue weighted by atomic mass is 10.1. The van der Waals surface area contributed by atoms with Gasteiger partial charge in [-0.25, -0.2) is 14.8 Å². The molecule has 2 rings (SSSR count). The van der Waals surface area contributed by atoms with Gasteiger partial charge in [0.15, 0.2) is 0 Å². The number of hydrogen-bond donors (Lipinski definition) is 1. The van der Waals surface area contributed by atoms with Crippen molar-refractivity contribution in [1.82, 2.24) is 14.9 Å². The molecule has 6 nitrogen and oxygen atoms in total. The fourth-order valence-corrected chi connectivity index (χ4v) is 2.58. The number of nitrogens with one attached hydrogen (secondary N) is 1. The molecule has 1 aliphatic heterocycles. The summed E-state index contributed by atoms with van der Waals surface area (Å²) in [4.78, 5) is 22.3. The van der Waals surface area contributed by atoms with Gasteiger partial charge in [-0.1, -0.05) is 6.42 Å². The summed E-state index contributed by atoms with van der Waals surface area (Å²) in [5, 5.41) is 3.30. The van der Waals surface area contributed by atoms with Gasteiger partial charge in [0.05, 0.1) is 7.11 Å². The Morgan fingerprint density at radius 1 is 1.38 bits per heavy atom. The van der Waals surface area contributed by atoms with E-state index in [-0.39, 0.29) is 5.82 Å². The van der Waals surface area contributed by atoms with Crippen molar-refractivity contribution in [3.05, 3.63) is 17.6 Å². The largest absolute Gasteiger partial charge is 0.463 e. The van der Waals surface area contributed by atoms with Crippen LogP contribution in [0.15, 0.2) is 6.07 Å². The number of ether oxygens (including phenoxy) is 1. The monoisotopic (exact) mass is 292 g/mol. The summed E-state index contributed by atoms with van der Waals surface area (Å²) in [5.74, 6) is 0.267. The van der Waals surface area contributed by atoms with Crippen LogP contribution in [0.3, 0.4) is 0 Å². The molecular formula is C15H24N4O2. The van der Waals surface area contributed by atoms with Gasteiger partial charge in [-0.3, -0.25) is 4.90 Å². The molecule has 116 valence electrons. The third-order valence-electron chi connectivity index (χ3n) is 3.81. The first kappa shape index (κ1) is 15.7. The average molecular weight is 292 g/mol. The Morgan fingerprint density at radius 2 is 2.10 bits per heavy atom. The van der Waals surface area contributed by atoms with Crippen LogP contribution < -0.4 is 5.32 Å². The molecule has 0 amide bonds. The lowest BCUT2D eigenvalue weighted by Crippen LogP contribution is -2.41. The van der Waals surface area contributed by atoms with Gasteiger partial charge in [-0.05, 0) is 39.8 Å². The minimum atomic E-state index is -0.508. The Bertz CT molecular complexity index is 487. The fourth-order valence-electron chi connectivity index (χ4n) is 2.58. The highest BCUT2D eigenvalue weighted by Gasteiger charge is 2.17. The Hall–Kier alpha value is -1.69. The van der Waals surface area contributed by atoms with Crippen LogP contribution in [0.25, 0.3) is 0 Å². The first-order valence-corrected chi connectivity index (χ1v) is 7.52. The highest BCUT2D eigenvalue weighted by molar-refractivity contribution is 5.85. The summed E-state index contributed by atoms with van der Waals surface area (Å²) in [6.45, 7) is 7.19. The van der Waals surface area contributed by atoms with E-state index in [1.807, 2.05) is 13.0 Å². The molecule has 1 N–H and O–H groups in total. The number of nitrogens with zero attached hydrogens (tertiary/aromatic N) is 3. The number of methoxy groups -OCH3 is 1. The van der Waals surface area contributed by atoms with Crippen LogP contribution in [0.4, 0.5) is 5.82 Å². The molecule has 0 aromatic carbocycles. The van der Waals surface area contributed by atoms with Gasteiger partial charge >= 0.3 is 5.97 Å². The molecule has 1 fully saturated rings. The fraction of sp³-hybridized carbons (Fsp3) is 0.667. The third-order valence-corrected chi connectivity index (χ3v) is 3.81. The minimum absolute atomic E-state index is 0.102. The van der Waals surface area contributed by atoms with E-state index in [1.165, 1.54) is 39.5 Å². The van der Waals surface area contributed by atoms with E-state index >= 15 is 0 Å². The molecule has 6 heteroatoms. The Labute approximate surface area is 125 Å². The molecule has 1 atom stereocenters. The SMILES string of the molecule is COC(=O)c1nc(C)cc(NCC(C)N2CCCCC2)n1. The van der Waals surface area contributed by atoms with Crippen LogP contribution in [0.5, 0.6) is 0 Å². The number of carbonyl (C=O) groups excluding carboxylic acids is 1. The highest BCUT2D eigenvalue weighted by Crippen LogP contribution is 2.13. The standard InChI is InChI=1S/C15H24N4O2/c1-11-9-13(18-14(17-11)15(20)21-3)16-10-12(2)19-7-5-4-6-8-19/h9,12H,4-8,10H2,1-3H3,(H,16,17,18). The van der Waals surface area contributed by atoms with Crippen molar-refractivity contribution < 1.29 is 9.53 Å². The Morgan fingerprint density at radius 3 is 2.76 bits per heavy atom. The maximum atomic E-state index is 11.5. The lowest BCUT2D eigenvalue weighted by Gasteiger charge is -2.32. The molecule has 1 unspecified atom stereocenters.